The van der Waals surface area contributed by atoms with Crippen molar-refractivity contribution in [2.24, 2.45) is 0 Å². The summed E-state index contributed by atoms with van der Waals surface area (Å²) in [6.07, 6.45) is 1.13. The Bertz CT molecular complexity index is 562. The van der Waals surface area contributed by atoms with Gasteiger partial charge in [0.25, 0.3) is 5.56 Å². The highest BCUT2D eigenvalue weighted by molar-refractivity contribution is 5.58. The number of aromatic nitrogens is 3. The maximum Gasteiger partial charge on any atom is 0.271 e. The minimum absolute atomic E-state index is 0.276. The molecule has 1 heterocycles. The van der Waals surface area contributed by atoms with Gasteiger partial charge in [0.1, 0.15) is 6.20 Å². The van der Waals surface area contributed by atoms with E-state index in [9.17, 15) is 4.79 Å². The van der Waals surface area contributed by atoms with Crippen molar-refractivity contribution in [1.29, 1.82) is 0 Å². The molecule has 0 saturated heterocycles. The molecular weight excluding hydrogens is 204 g/mol. The fourth-order valence-electron chi connectivity index (χ4n) is 1.45. The fourth-order valence-corrected chi connectivity index (χ4v) is 1.45. The van der Waals surface area contributed by atoms with Crippen molar-refractivity contribution in [3.05, 3.63) is 45.9 Å². The molecule has 82 valence electrons. The second kappa shape index (κ2) is 4.14. The van der Waals surface area contributed by atoms with Crippen LogP contribution in [0.3, 0.4) is 0 Å². The molecule has 2 aromatic rings. The Hall–Kier alpha value is -2.17. The molecule has 0 fully saturated rings. The van der Waals surface area contributed by atoms with Gasteiger partial charge in [-0.3, -0.25) is 9.78 Å². The van der Waals surface area contributed by atoms with Crippen LogP contribution >= 0.6 is 0 Å². The zero-order chi connectivity index (χ0) is 11.5. The Morgan fingerprint density at radius 3 is 2.81 bits per heavy atom. The highest BCUT2D eigenvalue weighted by Gasteiger charge is 2.00. The Labute approximate surface area is 92.6 Å². The Balaban J connectivity index is 2.30. The zero-order valence-corrected chi connectivity index (χ0v) is 9.11. The second-order valence-electron chi connectivity index (χ2n) is 3.63. The summed E-state index contributed by atoms with van der Waals surface area (Å²) in [6, 6.07) is 5.98. The molecule has 2 rings (SSSR count). The van der Waals surface area contributed by atoms with Gasteiger partial charge in [-0.25, -0.2) is 0 Å². The van der Waals surface area contributed by atoms with Crippen LogP contribution in [0.2, 0.25) is 0 Å². The fraction of sp³-hybridized carbons (Fsp3) is 0.182. The molecule has 0 unspecified atom stereocenters. The Morgan fingerprint density at radius 1 is 1.31 bits per heavy atom. The summed E-state index contributed by atoms with van der Waals surface area (Å²) in [5.41, 5.74) is 2.91. The van der Waals surface area contributed by atoms with Crippen LogP contribution in [-0.4, -0.2) is 15.2 Å². The molecule has 0 saturated carbocycles. The molecule has 5 nitrogen and oxygen atoms in total. The van der Waals surface area contributed by atoms with E-state index in [4.69, 9.17) is 0 Å². The van der Waals surface area contributed by atoms with E-state index in [0.29, 0.717) is 5.95 Å². The summed E-state index contributed by atoms with van der Waals surface area (Å²) in [4.78, 5) is 13.6. The molecule has 0 bridgehead atoms. The average Bonchev–Trinajstić information content (AvgIpc) is 2.22. The van der Waals surface area contributed by atoms with Gasteiger partial charge in [0.15, 0.2) is 0 Å². The van der Waals surface area contributed by atoms with Gasteiger partial charge < -0.3 is 5.32 Å². The van der Waals surface area contributed by atoms with Gasteiger partial charge in [0.05, 0.1) is 0 Å². The van der Waals surface area contributed by atoms with E-state index in [2.05, 4.69) is 26.6 Å². The molecule has 5 heteroatoms. The highest BCUT2D eigenvalue weighted by Crippen LogP contribution is 2.18. The lowest BCUT2D eigenvalue weighted by atomic mass is 10.1. The zero-order valence-electron chi connectivity index (χ0n) is 9.11. The largest absolute Gasteiger partial charge is 0.324 e. The van der Waals surface area contributed by atoms with Crippen LogP contribution in [-0.2, 0) is 0 Å². The third-order valence-electron chi connectivity index (χ3n) is 2.21. The number of aromatic amines is 1. The average molecular weight is 216 g/mol. The maximum absolute atomic E-state index is 11.0. The number of rotatable bonds is 2. The summed E-state index contributed by atoms with van der Waals surface area (Å²) >= 11 is 0. The number of aryl methyl sites for hydroxylation is 2. The molecule has 1 aromatic carbocycles. The first kappa shape index (κ1) is 10.4. The van der Waals surface area contributed by atoms with Crippen LogP contribution in [0.4, 0.5) is 11.6 Å². The number of nitrogens with zero attached hydrogens (tertiary/aromatic N) is 2. The molecule has 0 radical (unpaired) electrons. The van der Waals surface area contributed by atoms with Crippen LogP contribution in [0, 0.1) is 13.8 Å². The highest BCUT2D eigenvalue weighted by atomic mass is 16.1. The monoisotopic (exact) mass is 216 g/mol. The van der Waals surface area contributed by atoms with E-state index < -0.39 is 0 Å². The lowest BCUT2D eigenvalue weighted by Gasteiger charge is -2.08. The van der Waals surface area contributed by atoms with Crippen molar-refractivity contribution in [2.75, 3.05) is 5.32 Å². The molecule has 0 aliphatic heterocycles. The summed E-state index contributed by atoms with van der Waals surface area (Å²) in [6.45, 7) is 4.02. The minimum atomic E-state index is -0.276. The van der Waals surface area contributed by atoms with Gasteiger partial charge in [-0.05, 0) is 25.5 Å². The topological polar surface area (TPSA) is 70.7 Å². The third-order valence-corrected chi connectivity index (χ3v) is 2.21. The Morgan fingerprint density at radius 2 is 2.12 bits per heavy atom. The molecule has 2 N–H and O–H groups in total. The third kappa shape index (κ3) is 2.25. The van der Waals surface area contributed by atoms with Crippen LogP contribution < -0.4 is 10.9 Å². The predicted molar refractivity (Wildman–Crippen MR) is 61.9 cm³/mol. The second-order valence-corrected chi connectivity index (χ2v) is 3.63. The van der Waals surface area contributed by atoms with Gasteiger partial charge in [-0.2, -0.15) is 0 Å². The Kier molecular flexibility index (Phi) is 2.68. The summed E-state index contributed by atoms with van der Waals surface area (Å²) in [5.74, 6) is 0.347. The normalized spacial score (nSPS) is 10.1. The van der Waals surface area contributed by atoms with Crippen molar-refractivity contribution in [3.63, 3.8) is 0 Å². The molecule has 0 aliphatic rings. The number of anilines is 2. The van der Waals surface area contributed by atoms with Crippen molar-refractivity contribution >= 4 is 11.6 Å². The number of benzene rings is 1. The van der Waals surface area contributed by atoms with Crippen molar-refractivity contribution in [3.8, 4) is 0 Å². The molecule has 0 spiro atoms. The quantitative estimate of drug-likeness (QED) is 0.798. The van der Waals surface area contributed by atoms with Crippen LogP contribution in [0.1, 0.15) is 11.1 Å². The molecule has 0 amide bonds. The smallest absolute Gasteiger partial charge is 0.271 e. The first-order chi connectivity index (χ1) is 7.65. The lowest BCUT2D eigenvalue weighted by molar-refractivity contribution is 0.953. The molecule has 0 atom stereocenters. The molecule has 0 aliphatic carbocycles. The van der Waals surface area contributed by atoms with E-state index >= 15 is 0 Å². The van der Waals surface area contributed by atoms with Crippen LogP contribution in [0.5, 0.6) is 0 Å². The first-order valence-electron chi connectivity index (χ1n) is 4.91. The number of H-pyrrole nitrogens is 1. The predicted octanol–water partition coefficient (Wildman–Crippen LogP) is 1.53. The number of nitrogens with one attached hydrogen (secondary N) is 2. The van der Waals surface area contributed by atoms with Crippen molar-refractivity contribution < 1.29 is 0 Å². The maximum atomic E-state index is 11.0. The summed E-state index contributed by atoms with van der Waals surface area (Å²) in [5, 5.41) is 10.4. The van der Waals surface area contributed by atoms with E-state index in [0.717, 1.165) is 17.4 Å². The van der Waals surface area contributed by atoms with E-state index in [1.165, 1.54) is 5.56 Å². The summed E-state index contributed by atoms with van der Waals surface area (Å²) in [7, 11) is 0. The molecule has 16 heavy (non-hydrogen) atoms. The van der Waals surface area contributed by atoms with Gasteiger partial charge in [0, 0.05) is 5.69 Å². The lowest BCUT2D eigenvalue weighted by Crippen LogP contribution is -2.10. The van der Waals surface area contributed by atoms with E-state index in [-0.39, 0.29) is 5.56 Å². The SMILES string of the molecule is Cc1ccc(Nc2nncc(=O)[nH]2)c(C)c1. The number of hydrogen-bond donors (Lipinski definition) is 2. The number of hydrogen-bond acceptors (Lipinski definition) is 4. The van der Waals surface area contributed by atoms with Gasteiger partial charge in [-0.15, -0.1) is 10.2 Å². The van der Waals surface area contributed by atoms with Crippen molar-refractivity contribution in [1.82, 2.24) is 15.2 Å². The van der Waals surface area contributed by atoms with Crippen LogP contribution in [0.25, 0.3) is 0 Å². The standard InChI is InChI=1S/C11H12N4O/c1-7-3-4-9(8(2)5-7)13-11-14-10(16)6-12-15-11/h3-6H,1-2H3,(H2,13,14,15,16). The van der Waals surface area contributed by atoms with E-state index in [1.54, 1.807) is 0 Å². The van der Waals surface area contributed by atoms with Gasteiger partial charge >= 0.3 is 0 Å². The molecule has 1 aromatic heterocycles. The first-order valence-corrected chi connectivity index (χ1v) is 4.91. The van der Waals surface area contributed by atoms with Crippen molar-refractivity contribution in [2.45, 2.75) is 13.8 Å². The van der Waals surface area contributed by atoms with Gasteiger partial charge in [-0.1, -0.05) is 17.7 Å². The minimum Gasteiger partial charge on any atom is -0.324 e. The molecular formula is C11H12N4O. The summed E-state index contributed by atoms with van der Waals surface area (Å²) < 4.78 is 0. The van der Waals surface area contributed by atoms with E-state index in [1.807, 2.05) is 26.0 Å². The van der Waals surface area contributed by atoms with Crippen LogP contribution in [0.15, 0.2) is 29.2 Å². The van der Waals surface area contributed by atoms with Gasteiger partial charge in [0.2, 0.25) is 5.95 Å².